The van der Waals surface area contributed by atoms with Gasteiger partial charge in [-0.05, 0) is 28.8 Å². The number of hydrogen-bond donors (Lipinski definition) is 2. The fraction of sp³-hybridized carbons (Fsp3) is 0.409. The highest BCUT2D eigenvalue weighted by Crippen LogP contribution is 2.34. The van der Waals surface area contributed by atoms with E-state index in [2.05, 4.69) is 5.32 Å². The summed E-state index contributed by atoms with van der Waals surface area (Å²) in [5, 5.41) is 13.0. The molecular formula is C22H27FN2O3. The number of nitrogens with one attached hydrogen (secondary N) is 1. The summed E-state index contributed by atoms with van der Waals surface area (Å²) >= 11 is 0. The van der Waals surface area contributed by atoms with Crippen molar-refractivity contribution in [2.75, 3.05) is 33.4 Å². The average Bonchev–Trinajstić information content (AvgIpc) is 2.67. The van der Waals surface area contributed by atoms with E-state index in [0.717, 1.165) is 16.7 Å². The first-order valence-corrected chi connectivity index (χ1v) is 9.50. The number of rotatable bonds is 8. The van der Waals surface area contributed by atoms with Gasteiger partial charge in [-0.1, -0.05) is 36.4 Å². The van der Waals surface area contributed by atoms with Crippen LogP contribution in [0.15, 0.2) is 48.5 Å². The zero-order valence-electron chi connectivity index (χ0n) is 16.3. The Hall–Kier alpha value is -2.28. The van der Waals surface area contributed by atoms with Crippen LogP contribution in [0.3, 0.4) is 0 Å². The molecule has 150 valence electrons. The highest BCUT2D eigenvalue weighted by molar-refractivity contribution is 5.73. The molecule has 1 heterocycles. The Balaban J connectivity index is 1.74. The van der Waals surface area contributed by atoms with E-state index in [9.17, 15) is 14.3 Å². The minimum Gasteiger partial charge on any atom is -0.395 e. The quantitative estimate of drug-likeness (QED) is 0.731. The predicted octanol–water partition coefficient (Wildman–Crippen LogP) is 2.40. The first kappa shape index (κ1) is 20.5. The molecule has 1 saturated heterocycles. The van der Waals surface area contributed by atoms with Gasteiger partial charge in [0.05, 0.1) is 13.2 Å². The molecule has 0 radical (unpaired) electrons. The van der Waals surface area contributed by atoms with Crippen LogP contribution in [0.5, 0.6) is 0 Å². The molecule has 2 N–H and O–H groups in total. The van der Waals surface area contributed by atoms with Gasteiger partial charge >= 0.3 is 0 Å². The largest absolute Gasteiger partial charge is 0.395 e. The van der Waals surface area contributed by atoms with E-state index in [1.807, 2.05) is 30.3 Å². The summed E-state index contributed by atoms with van der Waals surface area (Å²) in [6.45, 7) is 3.18. The first-order chi connectivity index (χ1) is 13.5. The Labute approximate surface area is 165 Å². The van der Waals surface area contributed by atoms with Crippen LogP contribution in [0.4, 0.5) is 4.39 Å². The maximum Gasteiger partial charge on any atom is 0.219 e. The van der Waals surface area contributed by atoms with Crippen molar-refractivity contribution in [2.45, 2.75) is 24.9 Å². The Kier molecular flexibility index (Phi) is 6.78. The van der Waals surface area contributed by atoms with Crippen molar-refractivity contribution in [2.24, 2.45) is 0 Å². The van der Waals surface area contributed by atoms with Crippen molar-refractivity contribution in [1.82, 2.24) is 10.2 Å². The van der Waals surface area contributed by atoms with Gasteiger partial charge in [-0.2, -0.15) is 0 Å². The summed E-state index contributed by atoms with van der Waals surface area (Å²) in [6, 6.07) is 14.5. The second-order valence-corrected chi connectivity index (χ2v) is 7.18. The molecule has 2 aromatic rings. The van der Waals surface area contributed by atoms with Gasteiger partial charge in [0.1, 0.15) is 5.82 Å². The summed E-state index contributed by atoms with van der Waals surface area (Å²) in [5.41, 5.74) is 2.87. The summed E-state index contributed by atoms with van der Waals surface area (Å²) in [6.07, 6.45) is 0. The number of nitrogens with zero attached hydrogens (tertiary/aromatic N) is 1. The Morgan fingerprint density at radius 3 is 2.54 bits per heavy atom. The number of aliphatic hydroxyl groups is 1. The lowest BCUT2D eigenvalue weighted by molar-refractivity contribution is -0.130. The standard InChI is InChI=1S/C22H27FN2O3/c1-15(27)25(10-11-28-2)13-20-22(21(14-26)24-20)17-8-6-16(7-9-17)18-4-3-5-19(23)12-18/h3-9,12,20-22,24,26H,10-11,13-14H2,1-2H3/t20-,21-,22+/m0/s1. The molecule has 0 aromatic heterocycles. The molecule has 28 heavy (non-hydrogen) atoms. The van der Waals surface area contributed by atoms with Crippen LogP contribution in [-0.2, 0) is 9.53 Å². The molecule has 6 heteroatoms. The second-order valence-electron chi connectivity index (χ2n) is 7.18. The lowest BCUT2D eigenvalue weighted by Gasteiger charge is -2.47. The molecule has 1 fully saturated rings. The summed E-state index contributed by atoms with van der Waals surface area (Å²) in [5.74, 6) is -0.145. The van der Waals surface area contributed by atoms with Gasteiger partial charge in [0.25, 0.3) is 0 Å². The van der Waals surface area contributed by atoms with Crippen molar-refractivity contribution in [3.63, 3.8) is 0 Å². The topological polar surface area (TPSA) is 61.8 Å². The van der Waals surface area contributed by atoms with Crippen LogP contribution >= 0.6 is 0 Å². The lowest BCUT2D eigenvalue weighted by Crippen LogP contribution is -2.65. The van der Waals surface area contributed by atoms with Crippen molar-refractivity contribution in [3.8, 4) is 11.1 Å². The third kappa shape index (κ3) is 4.58. The van der Waals surface area contributed by atoms with Crippen LogP contribution in [0, 0.1) is 5.82 Å². The van der Waals surface area contributed by atoms with E-state index >= 15 is 0 Å². The minimum atomic E-state index is -0.259. The fourth-order valence-corrected chi connectivity index (χ4v) is 3.82. The van der Waals surface area contributed by atoms with Gasteiger partial charge in [-0.3, -0.25) is 4.79 Å². The maximum absolute atomic E-state index is 13.5. The highest BCUT2D eigenvalue weighted by Gasteiger charge is 2.41. The monoisotopic (exact) mass is 386 g/mol. The van der Waals surface area contributed by atoms with Crippen molar-refractivity contribution in [1.29, 1.82) is 0 Å². The molecule has 0 saturated carbocycles. The zero-order valence-corrected chi connectivity index (χ0v) is 16.3. The van der Waals surface area contributed by atoms with E-state index in [4.69, 9.17) is 4.74 Å². The summed E-state index contributed by atoms with van der Waals surface area (Å²) in [4.78, 5) is 13.7. The van der Waals surface area contributed by atoms with Crippen molar-refractivity contribution in [3.05, 3.63) is 59.9 Å². The fourth-order valence-electron chi connectivity index (χ4n) is 3.82. The van der Waals surface area contributed by atoms with Crippen LogP contribution in [-0.4, -0.2) is 61.4 Å². The molecule has 0 aliphatic carbocycles. The smallest absolute Gasteiger partial charge is 0.219 e. The molecule has 5 nitrogen and oxygen atoms in total. The number of carbonyl (C=O) groups excluding carboxylic acids is 1. The molecule has 1 amide bonds. The van der Waals surface area contributed by atoms with Crippen LogP contribution in [0.25, 0.3) is 11.1 Å². The third-order valence-corrected chi connectivity index (χ3v) is 5.37. The van der Waals surface area contributed by atoms with Gasteiger partial charge in [0.15, 0.2) is 0 Å². The number of halogens is 1. The number of benzene rings is 2. The Bertz CT molecular complexity index is 797. The van der Waals surface area contributed by atoms with E-state index < -0.39 is 0 Å². The first-order valence-electron chi connectivity index (χ1n) is 9.50. The third-order valence-electron chi connectivity index (χ3n) is 5.37. The van der Waals surface area contributed by atoms with Gasteiger partial charge < -0.3 is 20.1 Å². The number of ether oxygens (including phenoxy) is 1. The molecule has 0 spiro atoms. The highest BCUT2D eigenvalue weighted by atomic mass is 19.1. The van der Waals surface area contributed by atoms with Crippen molar-refractivity contribution >= 4 is 5.91 Å². The minimum absolute atomic E-state index is 0.00602. The second kappa shape index (κ2) is 9.28. The van der Waals surface area contributed by atoms with Crippen LogP contribution < -0.4 is 5.32 Å². The molecule has 1 aliphatic heterocycles. The molecule has 0 bridgehead atoms. The molecular weight excluding hydrogens is 359 g/mol. The number of amides is 1. The zero-order chi connectivity index (χ0) is 20.1. The van der Waals surface area contributed by atoms with Gasteiger partial charge in [-0.15, -0.1) is 0 Å². The van der Waals surface area contributed by atoms with E-state index in [0.29, 0.717) is 19.7 Å². The predicted molar refractivity (Wildman–Crippen MR) is 107 cm³/mol. The Morgan fingerprint density at radius 1 is 1.18 bits per heavy atom. The Morgan fingerprint density at radius 2 is 1.93 bits per heavy atom. The number of hydrogen-bond acceptors (Lipinski definition) is 4. The molecule has 0 unspecified atom stereocenters. The summed E-state index contributed by atoms with van der Waals surface area (Å²) < 4.78 is 18.6. The van der Waals surface area contributed by atoms with E-state index in [1.54, 1.807) is 25.0 Å². The van der Waals surface area contributed by atoms with Crippen molar-refractivity contribution < 1.29 is 19.0 Å². The molecule has 2 aromatic carbocycles. The number of carbonyl (C=O) groups is 1. The van der Waals surface area contributed by atoms with Gasteiger partial charge in [0.2, 0.25) is 5.91 Å². The lowest BCUT2D eigenvalue weighted by atomic mass is 9.77. The van der Waals surface area contributed by atoms with Crippen LogP contribution in [0.1, 0.15) is 18.4 Å². The molecule has 1 aliphatic rings. The van der Waals surface area contributed by atoms with E-state index in [-0.39, 0.29) is 36.3 Å². The van der Waals surface area contributed by atoms with Gasteiger partial charge in [-0.25, -0.2) is 4.39 Å². The molecule has 3 atom stereocenters. The summed E-state index contributed by atoms with van der Waals surface area (Å²) in [7, 11) is 1.62. The normalized spacial score (nSPS) is 21.2. The molecule has 3 rings (SSSR count). The number of aliphatic hydroxyl groups excluding tert-OH is 1. The average molecular weight is 386 g/mol. The van der Waals surface area contributed by atoms with Crippen LogP contribution in [0.2, 0.25) is 0 Å². The number of methoxy groups -OCH3 is 1. The van der Waals surface area contributed by atoms with Gasteiger partial charge in [0, 0.05) is 45.1 Å². The SMILES string of the molecule is COCCN(C[C@@H]1N[C@@H](CO)[C@@H]1c1ccc(-c2cccc(F)c2)cc1)C(C)=O. The van der Waals surface area contributed by atoms with E-state index in [1.165, 1.54) is 12.1 Å². The maximum atomic E-state index is 13.5.